The Morgan fingerprint density at radius 3 is 2.14 bits per heavy atom. The Balaban J connectivity index is 2.37. The lowest BCUT2D eigenvalue weighted by atomic mass is 10.0. The van der Waals surface area contributed by atoms with Gasteiger partial charge < -0.3 is 14.2 Å². The van der Waals surface area contributed by atoms with Crippen molar-refractivity contribution in [2.24, 2.45) is 0 Å². The van der Waals surface area contributed by atoms with Crippen molar-refractivity contribution in [1.29, 1.82) is 0 Å². The molecule has 2 rings (SSSR count). The summed E-state index contributed by atoms with van der Waals surface area (Å²) < 4.78 is 16.8. The molecule has 0 saturated heterocycles. The first-order valence-corrected chi connectivity index (χ1v) is 8.01. The van der Waals surface area contributed by atoms with Gasteiger partial charge in [-0.25, -0.2) is 0 Å². The lowest BCUT2D eigenvalue weighted by molar-refractivity contribution is 0.354. The Morgan fingerprint density at radius 1 is 0.857 bits per heavy atom. The van der Waals surface area contributed by atoms with Gasteiger partial charge in [0.25, 0.3) is 0 Å². The fraction of sp³-hybridized carbons (Fsp3) is 0.250. The van der Waals surface area contributed by atoms with Crippen LogP contribution in [-0.4, -0.2) is 21.3 Å². The summed E-state index contributed by atoms with van der Waals surface area (Å²) in [6, 6.07) is 11.8. The molecule has 2 aromatic rings. The number of halogens is 2. The van der Waals surface area contributed by atoms with E-state index in [0.717, 1.165) is 27.1 Å². The SMILES string of the molecule is COc1ccc(C(Br)c2ccc(OC)c(OC)c2)c(Br)c1. The van der Waals surface area contributed by atoms with Crippen LogP contribution in [0.1, 0.15) is 16.0 Å². The first-order valence-electron chi connectivity index (χ1n) is 6.30. The van der Waals surface area contributed by atoms with Gasteiger partial charge in [0.2, 0.25) is 0 Å². The molecule has 0 aliphatic carbocycles. The summed E-state index contributed by atoms with van der Waals surface area (Å²) in [7, 11) is 4.92. The quantitative estimate of drug-likeness (QED) is 0.646. The van der Waals surface area contributed by atoms with Crippen molar-refractivity contribution in [2.75, 3.05) is 21.3 Å². The maximum absolute atomic E-state index is 5.35. The van der Waals surface area contributed by atoms with Crippen molar-refractivity contribution in [3.8, 4) is 17.2 Å². The first kappa shape index (κ1) is 16.2. The summed E-state index contributed by atoms with van der Waals surface area (Å²) in [6.07, 6.45) is 0. The van der Waals surface area contributed by atoms with E-state index < -0.39 is 0 Å². The molecule has 0 aliphatic rings. The zero-order valence-electron chi connectivity index (χ0n) is 12.0. The zero-order chi connectivity index (χ0) is 15.4. The van der Waals surface area contributed by atoms with E-state index in [1.54, 1.807) is 21.3 Å². The van der Waals surface area contributed by atoms with Crippen LogP contribution in [0.15, 0.2) is 40.9 Å². The molecule has 1 unspecified atom stereocenters. The Morgan fingerprint density at radius 2 is 1.57 bits per heavy atom. The maximum atomic E-state index is 5.35. The van der Waals surface area contributed by atoms with Gasteiger partial charge in [-0.1, -0.05) is 44.0 Å². The van der Waals surface area contributed by atoms with Gasteiger partial charge in [-0.2, -0.15) is 0 Å². The van der Waals surface area contributed by atoms with Crippen LogP contribution in [0.2, 0.25) is 0 Å². The Labute approximate surface area is 141 Å². The van der Waals surface area contributed by atoms with Crippen LogP contribution in [0.5, 0.6) is 17.2 Å². The topological polar surface area (TPSA) is 27.7 Å². The van der Waals surface area contributed by atoms with E-state index in [9.17, 15) is 0 Å². The second-order valence-corrected chi connectivity index (χ2v) is 6.13. The van der Waals surface area contributed by atoms with E-state index in [-0.39, 0.29) is 4.83 Å². The highest BCUT2D eigenvalue weighted by molar-refractivity contribution is 9.11. The predicted octanol–water partition coefficient (Wildman–Crippen LogP) is 4.96. The summed E-state index contributed by atoms with van der Waals surface area (Å²) in [5.74, 6) is 2.25. The summed E-state index contributed by atoms with van der Waals surface area (Å²) in [6.45, 7) is 0. The highest BCUT2D eigenvalue weighted by Crippen LogP contribution is 2.39. The van der Waals surface area contributed by atoms with Gasteiger partial charge in [-0.3, -0.25) is 0 Å². The predicted molar refractivity (Wildman–Crippen MR) is 91.0 cm³/mol. The van der Waals surface area contributed by atoms with Crippen molar-refractivity contribution in [1.82, 2.24) is 0 Å². The number of hydrogen-bond donors (Lipinski definition) is 0. The first-order chi connectivity index (χ1) is 10.1. The third-order valence-electron chi connectivity index (χ3n) is 3.18. The van der Waals surface area contributed by atoms with Crippen LogP contribution in [-0.2, 0) is 0 Å². The minimum Gasteiger partial charge on any atom is -0.497 e. The monoisotopic (exact) mass is 414 g/mol. The van der Waals surface area contributed by atoms with Crippen molar-refractivity contribution in [2.45, 2.75) is 4.83 Å². The van der Waals surface area contributed by atoms with Gasteiger partial charge in [0.15, 0.2) is 11.5 Å². The molecule has 0 fully saturated rings. The Hall–Kier alpha value is -1.20. The molecule has 0 aromatic heterocycles. The summed E-state index contributed by atoms with van der Waals surface area (Å²) in [5, 5.41) is 0. The molecule has 112 valence electrons. The Bertz CT molecular complexity index is 629. The lowest BCUT2D eigenvalue weighted by Gasteiger charge is -2.16. The molecule has 0 saturated carbocycles. The van der Waals surface area contributed by atoms with Crippen LogP contribution in [0.3, 0.4) is 0 Å². The number of ether oxygens (including phenoxy) is 3. The number of alkyl halides is 1. The average molecular weight is 416 g/mol. The largest absolute Gasteiger partial charge is 0.497 e. The number of hydrogen-bond acceptors (Lipinski definition) is 3. The summed E-state index contributed by atoms with van der Waals surface area (Å²) in [4.78, 5) is 0.0394. The Kier molecular flexibility index (Phi) is 5.53. The second-order valence-electron chi connectivity index (χ2n) is 4.36. The van der Waals surface area contributed by atoms with E-state index in [2.05, 4.69) is 31.9 Å². The van der Waals surface area contributed by atoms with Crippen LogP contribution in [0.25, 0.3) is 0 Å². The van der Waals surface area contributed by atoms with Gasteiger partial charge in [0, 0.05) is 4.47 Å². The third-order valence-corrected chi connectivity index (χ3v) is 4.89. The van der Waals surface area contributed by atoms with Crippen LogP contribution < -0.4 is 14.2 Å². The molecule has 0 bridgehead atoms. The van der Waals surface area contributed by atoms with Gasteiger partial charge in [-0.15, -0.1) is 0 Å². The molecule has 21 heavy (non-hydrogen) atoms. The molecular weight excluding hydrogens is 400 g/mol. The molecule has 0 aliphatic heterocycles. The average Bonchev–Trinajstić information content (AvgIpc) is 2.53. The van der Waals surface area contributed by atoms with Crippen molar-refractivity contribution in [3.63, 3.8) is 0 Å². The van der Waals surface area contributed by atoms with Crippen molar-refractivity contribution >= 4 is 31.9 Å². The van der Waals surface area contributed by atoms with E-state index in [4.69, 9.17) is 14.2 Å². The van der Waals surface area contributed by atoms with Crippen LogP contribution in [0, 0.1) is 0 Å². The molecule has 0 radical (unpaired) electrons. The fourth-order valence-corrected chi connectivity index (χ4v) is 3.61. The molecule has 2 aromatic carbocycles. The highest BCUT2D eigenvalue weighted by Gasteiger charge is 2.16. The molecule has 5 heteroatoms. The van der Waals surface area contributed by atoms with E-state index in [0.29, 0.717) is 5.75 Å². The number of rotatable bonds is 5. The highest BCUT2D eigenvalue weighted by atomic mass is 79.9. The van der Waals surface area contributed by atoms with E-state index in [1.807, 2.05) is 36.4 Å². The summed E-state index contributed by atoms with van der Waals surface area (Å²) in [5.41, 5.74) is 2.20. The van der Waals surface area contributed by atoms with Gasteiger partial charge in [0.05, 0.1) is 26.2 Å². The summed E-state index contributed by atoms with van der Waals surface area (Å²) >= 11 is 7.32. The second kappa shape index (κ2) is 7.18. The molecular formula is C16H16Br2O3. The molecule has 0 amide bonds. The van der Waals surface area contributed by atoms with E-state index >= 15 is 0 Å². The third kappa shape index (κ3) is 3.52. The fourth-order valence-electron chi connectivity index (χ4n) is 2.03. The molecule has 0 heterocycles. The number of methoxy groups -OCH3 is 3. The number of benzene rings is 2. The molecule has 0 spiro atoms. The minimum absolute atomic E-state index is 0.0394. The molecule has 1 atom stereocenters. The van der Waals surface area contributed by atoms with Crippen molar-refractivity contribution in [3.05, 3.63) is 52.0 Å². The van der Waals surface area contributed by atoms with Gasteiger partial charge >= 0.3 is 0 Å². The zero-order valence-corrected chi connectivity index (χ0v) is 15.2. The standard InChI is InChI=1S/C16H16Br2O3/c1-19-11-5-6-12(13(17)9-11)16(18)10-4-7-14(20-2)15(8-10)21-3/h4-9,16H,1-3H3. The molecule has 3 nitrogen and oxygen atoms in total. The molecule has 0 N–H and O–H groups in total. The lowest BCUT2D eigenvalue weighted by Crippen LogP contribution is -1.97. The van der Waals surface area contributed by atoms with Crippen LogP contribution in [0.4, 0.5) is 0 Å². The van der Waals surface area contributed by atoms with Crippen LogP contribution >= 0.6 is 31.9 Å². The minimum atomic E-state index is 0.0394. The van der Waals surface area contributed by atoms with E-state index in [1.165, 1.54) is 0 Å². The van der Waals surface area contributed by atoms with Gasteiger partial charge in [-0.05, 0) is 35.4 Å². The normalized spacial score (nSPS) is 11.9. The maximum Gasteiger partial charge on any atom is 0.161 e. The van der Waals surface area contributed by atoms with Crippen molar-refractivity contribution < 1.29 is 14.2 Å². The smallest absolute Gasteiger partial charge is 0.161 e. The van der Waals surface area contributed by atoms with Gasteiger partial charge in [0.1, 0.15) is 5.75 Å².